The van der Waals surface area contributed by atoms with Gasteiger partial charge in [0.1, 0.15) is 0 Å². The number of nitrogens with one attached hydrogen (secondary N) is 1. The fourth-order valence-corrected chi connectivity index (χ4v) is 4.52. The molecule has 2 amide bonds. The van der Waals surface area contributed by atoms with Crippen LogP contribution in [0.3, 0.4) is 0 Å². The van der Waals surface area contributed by atoms with Crippen molar-refractivity contribution < 1.29 is 14.3 Å². The highest BCUT2D eigenvalue weighted by atomic mass is 16.5. The van der Waals surface area contributed by atoms with Gasteiger partial charge in [-0.25, -0.2) is 4.79 Å². The molecule has 148 valence electrons. The van der Waals surface area contributed by atoms with E-state index in [4.69, 9.17) is 0 Å². The topological polar surface area (TPSA) is 58.6 Å². The summed E-state index contributed by atoms with van der Waals surface area (Å²) in [6.45, 7) is 8.56. The van der Waals surface area contributed by atoms with Crippen LogP contribution >= 0.6 is 0 Å². The van der Waals surface area contributed by atoms with Gasteiger partial charge in [-0.1, -0.05) is 51.5 Å². The third kappa shape index (κ3) is 4.28. The lowest BCUT2D eigenvalue weighted by Crippen LogP contribution is -2.41. The minimum absolute atomic E-state index is 0.158. The lowest BCUT2D eigenvalue weighted by atomic mass is 9.97. The van der Waals surface area contributed by atoms with Crippen molar-refractivity contribution in [2.75, 3.05) is 26.7 Å². The second-order valence-corrected chi connectivity index (χ2v) is 8.28. The SMILES string of the molecule is CCC[C@H](CNC(=O)OC)C(=O)N1C[C@@H]2[C@H](C1)[C@H]2c1cccc(C(C)C)c1. The molecule has 1 heterocycles. The summed E-state index contributed by atoms with van der Waals surface area (Å²) in [5.41, 5.74) is 2.82. The lowest BCUT2D eigenvalue weighted by molar-refractivity contribution is -0.135. The summed E-state index contributed by atoms with van der Waals surface area (Å²) in [5, 5.41) is 2.69. The highest BCUT2D eigenvalue weighted by Gasteiger charge is 2.57. The summed E-state index contributed by atoms with van der Waals surface area (Å²) in [6, 6.07) is 8.95. The van der Waals surface area contributed by atoms with E-state index < -0.39 is 6.09 Å². The number of ether oxygens (including phenoxy) is 1. The van der Waals surface area contributed by atoms with Crippen molar-refractivity contribution in [3.63, 3.8) is 0 Å². The van der Waals surface area contributed by atoms with Gasteiger partial charge in [-0.3, -0.25) is 4.79 Å². The molecule has 27 heavy (non-hydrogen) atoms. The van der Waals surface area contributed by atoms with Gasteiger partial charge in [-0.15, -0.1) is 0 Å². The van der Waals surface area contributed by atoms with Crippen LogP contribution < -0.4 is 5.32 Å². The number of benzene rings is 1. The maximum atomic E-state index is 12.9. The fraction of sp³-hybridized carbons (Fsp3) is 0.636. The summed E-state index contributed by atoms with van der Waals surface area (Å²) in [7, 11) is 1.34. The largest absolute Gasteiger partial charge is 0.453 e. The molecule has 1 N–H and O–H groups in total. The fourth-order valence-electron chi connectivity index (χ4n) is 4.52. The molecule has 0 unspecified atom stereocenters. The Bertz CT molecular complexity index is 676. The van der Waals surface area contributed by atoms with E-state index in [9.17, 15) is 9.59 Å². The van der Waals surface area contributed by atoms with E-state index in [1.165, 1.54) is 18.2 Å². The zero-order chi connectivity index (χ0) is 19.6. The second-order valence-electron chi connectivity index (χ2n) is 8.28. The minimum Gasteiger partial charge on any atom is -0.453 e. The van der Waals surface area contributed by atoms with Crippen molar-refractivity contribution in [3.8, 4) is 0 Å². The molecule has 0 bridgehead atoms. The first-order chi connectivity index (χ1) is 13.0. The first kappa shape index (κ1) is 19.7. The van der Waals surface area contributed by atoms with Gasteiger partial charge in [-0.05, 0) is 41.2 Å². The van der Waals surface area contributed by atoms with Crippen LogP contribution in [0.2, 0.25) is 0 Å². The molecule has 1 aromatic rings. The average Bonchev–Trinajstić information content (AvgIpc) is 3.17. The molecule has 5 heteroatoms. The second kappa shape index (κ2) is 8.32. The Morgan fingerprint density at radius 1 is 1.26 bits per heavy atom. The lowest BCUT2D eigenvalue weighted by Gasteiger charge is -2.25. The zero-order valence-corrected chi connectivity index (χ0v) is 16.9. The van der Waals surface area contributed by atoms with Gasteiger partial charge in [0.05, 0.1) is 13.0 Å². The monoisotopic (exact) mass is 372 g/mol. The van der Waals surface area contributed by atoms with Crippen molar-refractivity contribution in [3.05, 3.63) is 35.4 Å². The average molecular weight is 373 g/mol. The maximum absolute atomic E-state index is 12.9. The number of fused-ring (bicyclic) bond motifs is 1. The summed E-state index contributed by atoms with van der Waals surface area (Å²) < 4.78 is 4.62. The molecule has 1 aliphatic heterocycles. The normalized spacial score (nSPS) is 24.5. The van der Waals surface area contributed by atoms with Crippen LogP contribution in [-0.4, -0.2) is 43.6 Å². The number of hydrogen-bond donors (Lipinski definition) is 1. The number of nitrogens with zero attached hydrogens (tertiary/aromatic N) is 1. The van der Waals surface area contributed by atoms with E-state index in [0.29, 0.717) is 30.2 Å². The third-order valence-electron chi connectivity index (χ3n) is 6.13. The number of alkyl carbamates (subject to hydrolysis) is 1. The quantitative estimate of drug-likeness (QED) is 0.793. The van der Waals surface area contributed by atoms with Crippen molar-refractivity contribution >= 4 is 12.0 Å². The van der Waals surface area contributed by atoms with E-state index in [1.54, 1.807) is 0 Å². The molecular formula is C22H32N2O3. The molecule has 0 radical (unpaired) electrons. The van der Waals surface area contributed by atoms with E-state index in [1.807, 2.05) is 4.90 Å². The Balaban J connectivity index is 1.57. The van der Waals surface area contributed by atoms with E-state index in [2.05, 4.69) is 55.1 Å². The predicted octanol–water partition coefficient (Wildman–Crippen LogP) is 3.75. The summed E-state index contributed by atoms with van der Waals surface area (Å²) in [6.07, 6.45) is 1.23. The van der Waals surface area contributed by atoms with E-state index in [-0.39, 0.29) is 11.8 Å². The molecule has 0 spiro atoms. The molecule has 2 fully saturated rings. The molecule has 3 rings (SSSR count). The molecule has 1 aromatic carbocycles. The number of amides is 2. The van der Waals surface area contributed by atoms with Crippen LogP contribution in [0.25, 0.3) is 0 Å². The smallest absolute Gasteiger partial charge is 0.406 e. The molecule has 2 aliphatic rings. The highest BCUT2D eigenvalue weighted by molar-refractivity contribution is 5.80. The van der Waals surface area contributed by atoms with Crippen LogP contribution in [0.15, 0.2) is 24.3 Å². The van der Waals surface area contributed by atoms with Gasteiger partial charge in [0, 0.05) is 19.6 Å². The molecule has 0 aromatic heterocycles. The Kier molecular flexibility index (Phi) is 6.08. The predicted molar refractivity (Wildman–Crippen MR) is 106 cm³/mol. The Morgan fingerprint density at radius 3 is 2.56 bits per heavy atom. The summed E-state index contributed by atoms with van der Waals surface area (Å²) in [4.78, 5) is 26.3. The molecule has 1 aliphatic carbocycles. The van der Waals surface area contributed by atoms with Crippen LogP contribution in [0.1, 0.15) is 56.6 Å². The zero-order valence-electron chi connectivity index (χ0n) is 16.9. The highest BCUT2D eigenvalue weighted by Crippen LogP contribution is 2.58. The number of methoxy groups -OCH3 is 1. The van der Waals surface area contributed by atoms with Crippen LogP contribution in [-0.2, 0) is 9.53 Å². The van der Waals surface area contributed by atoms with Crippen LogP contribution in [0, 0.1) is 17.8 Å². The van der Waals surface area contributed by atoms with Gasteiger partial charge >= 0.3 is 6.09 Å². The molecular weight excluding hydrogens is 340 g/mol. The summed E-state index contributed by atoms with van der Waals surface area (Å²) in [5.74, 6) is 2.34. The molecule has 1 saturated carbocycles. The van der Waals surface area contributed by atoms with Gasteiger partial charge < -0.3 is 15.0 Å². The number of piperidine rings is 1. The number of likely N-dealkylation sites (tertiary alicyclic amines) is 1. The molecule has 4 atom stereocenters. The Hall–Kier alpha value is -2.04. The number of carbonyl (C=O) groups excluding carboxylic acids is 2. The van der Waals surface area contributed by atoms with Crippen molar-refractivity contribution in [2.24, 2.45) is 17.8 Å². The number of rotatable bonds is 7. The Morgan fingerprint density at radius 2 is 1.96 bits per heavy atom. The maximum Gasteiger partial charge on any atom is 0.406 e. The van der Waals surface area contributed by atoms with Crippen molar-refractivity contribution in [1.29, 1.82) is 0 Å². The van der Waals surface area contributed by atoms with Gasteiger partial charge in [0.15, 0.2) is 0 Å². The Labute approximate surface area is 162 Å². The van der Waals surface area contributed by atoms with Gasteiger partial charge in [-0.2, -0.15) is 0 Å². The minimum atomic E-state index is -0.474. The summed E-state index contributed by atoms with van der Waals surface area (Å²) >= 11 is 0. The first-order valence-electron chi connectivity index (χ1n) is 10.2. The van der Waals surface area contributed by atoms with Crippen LogP contribution in [0.4, 0.5) is 4.79 Å². The third-order valence-corrected chi connectivity index (χ3v) is 6.13. The standard InChI is InChI=1S/C22H32N2O3/c1-5-7-17(11-23-22(26)27-4)21(25)24-12-18-19(13-24)20(18)16-9-6-8-15(10-16)14(2)3/h6,8-10,14,17-20H,5,7,11-13H2,1-4H3,(H,23,26)/t17-,18-,19+,20+/m1/s1. The first-order valence-corrected chi connectivity index (χ1v) is 10.2. The van der Waals surface area contributed by atoms with Gasteiger partial charge in [0.25, 0.3) is 0 Å². The van der Waals surface area contributed by atoms with Crippen LogP contribution in [0.5, 0.6) is 0 Å². The molecule has 1 saturated heterocycles. The van der Waals surface area contributed by atoms with Crippen molar-refractivity contribution in [2.45, 2.75) is 45.4 Å². The van der Waals surface area contributed by atoms with E-state index >= 15 is 0 Å². The van der Waals surface area contributed by atoms with Gasteiger partial charge in [0.2, 0.25) is 5.91 Å². The number of hydrogen-bond acceptors (Lipinski definition) is 3. The van der Waals surface area contributed by atoms with E-state index in [0.717, 1.165) is 25.9 Å². The number of carbonyl (C=O) groups is 2. The van der Waals surface area contributed by atoms with Crippen molar-refractivity contribution in [1.82, 2.24) is 10.2 Å². The molecule has 5 nitrogen and oxygen atoms in total.